The number of halogens is 1. The molecule has 0 atom stereocenters. The van der Waals surface area contributed by atoms with E-state index in [9.17, 15) is 14.5 Å². The van der Waals surface area contributed by atoms with E-state index in [1.54, 1.807) is 0 Å². The van der Waals surface area contributed by atoms with Crippen molar-refractivity contribution in [1.29, 1.82) is 0 Å². The summed E-state index contributed by atoms with van der Waals surface area (Å²) in [7, 11) is 0. The predicted octanol–water partition coefficient (Wildman–Crippen LogP) is 4.70. The van der Waals surface area contributed by atoms with Gasteiger partial charge >= 0.3 is 0 Å². The normalized spacial score (nSPS) is 10.4. The predicted molar refractivity (Wildman–Crippen MR) is 96.8 cm³/mol. The van der Waals surface area contributed by atoms with Gasteiger partial charge in [-0.15, -0.1) is 0 Å². The first-order valence-electron chi connectivity index (χ1n) is 7.04. The summed E-state index contributed by atoms with van der Waals surface area (Å²) in [5.41, 5.74) is 0.491. The van der Waals surface area contributed by atoms with E-state index in [1.165, 1.54) is 0 Å². The first-order valence-corrected chi connectivity index (χ1v) is 7.45. The molecule has 0 radical (unpaired) electrons. The quantitative estimate of drug-likeness (QED) is 0.411. The monoisotopic (exact) mass is 341 g/mol. The van der Waals surface area contributed by atoms with Gasteiger partial charge in [0.15, 0.2) is 5.11 Å². The van der Waals surface area contributed by atoms with Gasteiger partial charge in [-0.2, -0.15) is 0 Å². The van der Waals surface area contributed by atoms with Crippen molar-refractivity contribution >= 4 is 45.2 Å². The second-order valence-electron chi connectivity index (χ2n) is 5.03. The molecular weight excluding hydrogens is 329 g/mol. The maximum Gasteiger partial charge on any atom is 0.271 e. The fraction of sp³-hybridized carbons (Fsp3) is 0. The van der Waals surface area contributed by atoms with Gasteiger partial charge in [0.2, 0.25) is 0 Å². The Balaban J connectivity index is 1.83. The van der Waals surface area contributed by atoms with Gasteiger partial charge in [0.25, 0.3) is 5.69 Å². The summed E-state index contributed by atoms with van der Waals surface area (Å²) >= 11 is 5.19. The molecule has 2 N–H and O–H groups in total. The molecule has 0 aliphatic heterocycles. The number of anilines is 2. The summed E-state index contributed by atoms with van der Waals surface area (Å²) < 4.78 is 13.8. The van der Waals surface area contributed by atoms with E-state index < -0.39 is 10.7 Å². The molecule has 5 nitrogen and oxygen atoms in total. The number of fused-ring (bicyclic) bond motifs is 1. The van der Waals surface area contributed by atoms with Gasteiger partial charge in [-0.05, 0) is 29.7 Å². The third-order valence-corrected chi connectivity index (χ3v) is 3.65. The van der Waals surface area contributed by atoms with E-state index in [2.05, 4.69) is 10.6 Å². The van der Waals surface area contributed by atoms with Crippen LogP contribution in [0.2, 0.25) is 0 Å². The molecule has 0 fully saturated rings. The number of rotatable bonds is 3. The first kappa shape index (κ1) is 15.8. The van der Waals surface area contributed by atoms with Crippen molar-refractivity contribution in [2.75, 3.05) is 10.6 Å². The van der Waals surface area contributed by atoms with Gasteiger partial charge in [0, 0.05) is 23.2 Å². The van der Waals surface area contributed by atoms with Gasteiger partial charge in [0.05, 0.1) is 10.6 Å². The van der Waals surface area contributed by atoms with Crippen LogP contribution >= 0.6 is 12.2 Å². The number of nitro groups is 1. The van der Waals surface area contributed by atoms with Crippen LogP contribution in [0.4, 0.5) is 21.5 Å². The molecule has 24 heavy (non-hydrogen) atoms. The minimum atomic E-state index is -0.623. The summed E-state index contributed by atoms with van der Waals surface area (Å²) in [6.45, 7) is 0. The van der Waals surface area contributed by atoms with Gasteiger partial charge in [-0.1, -0.05) is 36.4 Å². The smallest absolute Gasteiger partial charge is 0.271 e. The van der Waals surface area contributed by atoms with E-state index in [1.807, 2.05) is 42.5 Å². The molecule has 0 aliphatic carbocycles. The maximum atomic E-state index is 13.8. The zero-order valence-corrected chi connectivity index (χ0v) is 13.1. The lowest BCUT2D eigenvalue weighted by Gasteiger charge is -2.13. The largest absolute Gasteiger partial charge is 0.332 e. The minimum Gasteiger partial charge on any atom is -0.332 e. The second-order valence-corrected chi connectivity index (χ2v) is 5.44. The number of hydrogen-bond acceptors (Lipinski definition) is 3. The number of non-ortho nitro benzene ring substituents is 1. The van der Waals surface area contributed by atoms with Crippen LogP contribution in [0.3, 0.4) is 0 Å². The molecule has 0 amide bonds. The number of nitrogens with one attached hydrogen (secondary N) is 2. The first-order chi connectivity index (χ1) is 11.5. The average molecular weight is 341 g/mol. The highest BCUT2D eigenvalue weighted by atomic mass is 32.1. The lowest BCUT2D eigenvalue weighted by molar-refractivity contribution is -0.384. The van der Waals surface area contributed by atoms with Crippen molar-refractivity contribution < 1.29 is 9.31 Å². The van der Waals surface area contributed by atoms with Crippen LogP contribution in [0.25, 0.3) is 10.8 Å². The van der Waals surface area contributed by atoms with Gasteiger partial charge in [-0.25, -0.2) is 4.39 Å². The Kier molecular flexibility index (Phi) is 4.35. The van der Waals surface area contributed by atoms with E-state index in [0.717, 1.165) is 34.7 Å². The van der Waals surface area contributed by atoms with Crippen LogP contribution in [0.5, 0.6) is 0 Å². The van der Waals surface area contributed by atoms with Crippen LogP contribution in [0.1, 0.15) is 0 Å². The van der Waals surface area contributed by atoms with Crippen molar-refractivity contribution in [3.8, 4) is 0 Å². The zero-order chi connectivity index (χ0) is 17.1. The van der Waals surface area contributed by atoms with Crippen molar-refractivity contribution in [2.24, 2.45) is 0 Å². The highest BCUT2D eigenvalue weighted by Crippen LogP contribution is 2.24. The Bertz CT molecular complexity index is 941. The molecule has 0 unspecified atom stereocenters. The zero-order valence-electron chi connectivity index (χ0n) is 12.3. The standard InChI is InChI=1S/C17H12FN3O2S/c18-14-9-8-12(21(22)23)10-16(14)20-17(24)19-15-7-3-5-11-4-1-2-6-13(11)15/h1-10H,(H2,19,20,24). The minimum absolute atomic E-state index is 0.0538. The van der Waals surface area contributed by atoms with Gasteiger partial charge < -0.3 is 10.6 Å². The molecule has 0 saturated heterocycles. The van der Waals surface area contributed by atoms with Crippen molar-refractivity contribution in [3.05, 3.63) is 76.6 Å². The van der Waals surface area contributed by atoms with Crippen molar-refractivity contribution in [3.63, 3.8) is 0 Å². The highest BCUT2D eigenvalue weighted by Gasteiger charge is 2.12. The average Bonchev–Trinajstić information content (AvgIpc) is 2.57. The maximum absolute atomic E-state index is 13.8. The molecule has 7 heteroatoms. The fourth-order valence-electron chi connectivity index (χ4n) is 2.33. The molecule has 0 heterocycles. The molecule has 0 spiro atoms. The van der Waals surface area contributed by atoms with E-state index in [4.69, 9.17) is 12.2 Å². The number of nitro benzene ring substituents is 1. The number of hydrogen-bond donors (Lipinski definition) is 2. The molecule has 0 saturated carbocycles. The molecule has 0 aromatic heterocycles. The number of nitrogens with zero attached hydrogens (tertiary/aromatic N) is 1. The summed E-state index contributed by atoms with van der Waals surface area (Å²) in [5.74, 6) is -0.623. The van der Waals surface area contributed by atoms with E-state index in [0.29, 0.717) is 0 Å². The fourth-order valence-corrected chi connectivity index (χ4v) is 2.55. The van der Waals surface area contributed by atoms with E-state index in [-0.39, 0.29) is 16.5 Å². The summed E-state index contributed by atoms with van der Waals surface area (Å²) in [5, 5.41) is 18.6. The lowest BCUT2D eigenvalue weighted by atomic mass is 10.1. The third-order valence-electron chi connectivity index (χ3n) is 3.45. The van der Waals surface area contributed by atoms with Gasteiger partial charge in [-0.3, -0.25) is 10.1 Å². The van der Waals surface area contributed by atoms with E-state index >= 15 is 0 Å². The lowest BCUT2D eigenvalue weighted by Crippen LogP contribution is -2.20. The summed E-state index contributed by atoms with van der Waals surface area (Å²) in [4.78, 5) is 10.2. The van der Waals surface area contributed by atoms with Crippen LogP contribution in [-0.4, -0.2) is 10.0 Å². The Labute approximate surface area is 142 Å². The molecule has 3 aromatic carbocycles. The summed E-state index contributed by atoms with van der Waals surface area (Å²) in [6, 6.07) is 16.7. The van der Waals surface area contributed by atoms with Gasteiger partial charge in [0.1, 0.15) is 5.82 Å². The molecular formula is C17H12FN3O2S. The van der Waals surface area contributed by atoms with Crippen LogP contribution < -0.4 is 10.6 Å². The molecule has 3 aromatic rings. The van der Waals surface area contributed by atoms with Crippen molar-refractivity contribution in [1.82, 2.24) is 0 Å². The van der Waals surface area contributed by atoms with Crippen LogP contribution in [-0.2, 0) is 0 Å². The topological polar surface area (TPSA) is 67.2 Å². The molecule has 0 bridgehead atoms. The third kappa shape index (κ3) is 3.31. The Morgan fingerprint density at radius 1 is 1.00 bits per heavy atom. The Morgan fingerprint density at radius 2 is 1.71 bits per heavy atom. The SMILES string of the molecule is O=[N+]([O-])c1ccc(F)c(NC(=S)Nc2cccc3ccccc23)c1. The number of benzene rings is 3. The second kappa shape index (κ2) is 6.59. The van der Waals surface area contributed by atoms with Crippen molar-refractivity contribution in [2.45, 2.75) is 0 Å². The van der Waals surface area contributed by atoms with Crippen LogP contribution in [0, 0.1) is 15.9 Å². The Morgan fingerprint density at radius 3 is 2.50 bits per heavy atom. The molecule has 120 valence electrons. The Hall–Kier alpha value is -3.06. The highest BCUT2D eigenvalue weighted by molar-refractivity contribution is 7.80. The molecule has 0 aliphatic rings. The summed E-state index contributed by atoms with van der Waals surface area (Å²) in [6.07, 6.45) is 0. The molecule has 3 rings (SSSR count). The van der Waals surface area contributed by atoms with Crippen LogP contribution in [0.15, 0.2) is 60.7 Å². The number of thiocarbonyl (C=S) groups is 1.